The lowest BCUT2D eigenvalue weighted by atomic mass is 10.0. The molecule has 0 radical (unpaired) electrons. The summed E-state index contributed by atoms with van der Waals surface area (Å²) in [6, 6.07) is 6.19. The zero-order valence-corrected chi connectivity index (χ0v) is 24.9. The summed E-state index contributed by atoms with van der Waals surface area (Å²) in [5, 5.41) is 7.91. The minimum atomic E-state index is -5.02. The zero-order valence-electron chi connectivity index (χ0n) is 24.1. The number of aryl methyl sites for hydroxylation is 2. The zero-order chi connectivity index (χ0) is 32.0. The second-order valence-corrected chi connectivity index (χ2v) is 11.5. The normalized spacial score (nSPS) is 17.2. The molecule has 0 spiro atoms. The van der Waals surface area contributed by atoms with Crippen molar-refractivity contribution < 1.29 is 40.6 Å². The highest BCUT2D eigenvalue weighted by atomic mass is 32.2. The molecular formula is C30H28F6N4O3S. The standard InChI is InChI=1S/C30H28F6N4O3S/c1-15-26(16(2)39-38-15)17(3)40(21-8-9-21)28-37-27(41)25(44-28)12-18-5-10-23(24(11-18)42-4)43-14-19-6-7-20(29(31,32)33)13-22(19)30(34,35)36/h5-7,10-13,17,21H,8-9,14H2,1-4H3,(H,38,39). The van der Waals surface area contributed by atoms with Crippen LogP contribution in [0, 0.1) is 13.8 Å². The van der Waals surface area contributed by atoms with E-state index in [0.717, 1.165) is 35.9 Å². The SMILES string of the molecule is COc1cc(C=C2SC(N(C3CC3)C(C)c3c(C)n[nH]c3C)=NC2=O)ccc1OCc1ccc(C(F)(F)F)cc1C(F)(F)F. The number of thioether (sulfide) groups is 1. The average molecular weight is 639 g/mol. The van der Waals surface area contributed by atoms with E-state index in [9.17, 15) is 31.1 Å². The first-order valence-corrected chi connectivity index (χ1v) is 14.4. The van der Waals surface area contributed by atoms with E-state index >= 15 is 0 Å². The van der Waals surface area contributed by atoms with Gasteiger partial charge in [-0.25, -0.2) is 0 Å². The van der Waals surface area contributed by atoms with Gasteiger partial charge in [0.1, 0.15) is 6.61 Å². The molecular weight excluding hydrogens is 610 g/mol. The van der Waals surface area contributed by atoms with Crippen LogP contribution in [0.3, 0.4) is 0 Å². The van der Waals surface area contributed by atoms with Crippen LogP contribution in [0.5, 0.6) is 11.5 Å². The highest BCUT2D eigenvalue weighted by molar-refractivity contribution is 8.18. The van der Waals surface area contributed by atoms with Crippen molar-refractivity contribution in [3.63, 3.8) is 0 Å². The molecule has 1 fully saturated rings. The molecule has 1 unspecified atom stereocenters. The van der Waals surface area contributed by atoms with Crippen molar-refractivity contribution in [1.29, 1.82) is 0 Å². The Hall–Kier alpha value is -3.94. The number of amides is 1. The van der Waals surface area contributed by atoms with Gasteiger partial charge < -0.3 is 14.4 Å². The maximum absolute atomic E-state index is 13.5. The maximum Gasteiger partial charge on any atom is 0.416 e. The summed E-state index contributed by atoms with van der Waals surface area (Å²) in [6.45, 7) is 5.29. The fourth-order valence-corrected chi connectivity index (χ4v) is 6.22. The van der Waals surface area contributed by atoms with Crippen molar-refractivity contribution in [2.45, 2.75) is 64.7 Å². The number of carbonyl (C=O) groups excluding carboxylic acids is 1. The van der Waals surface area contributed by atoms with Crippen LogP contribution in [0.15, 0.2) is 46.3 Å². The Balaban J connectivity index is 1.33. The molecule has 44 heavy (non-hydrogen) atoms. The van der Waals surface area contributed by atoms with Crippen molar-refractivity contribution >= 4 is 28.9 Å². The van der Waals surface area contributed by atoms with E-state index in [1.54, 1.807) is 18.2 Å². The van der Waals surface area contributed by atoms with Crippen LogP contribution in [0.4, 0.5) is 26.3 Å². The van der Waals surface area contributed by atoms with Crippen LogP contribution < -0.4 is 9.47 Å². The molecule has 1 saturated carbocycles. The summed E-state index contributed by atoms with van der Waals surface area (Å²) < 4.78 is 90.6. The number of H-pyrrole nitrogens is 1. The predicted molar refractivity (Wildman–Crippen MR) is 153 cm³/mol. The summed E-state index contributed by atoms with van der Waals surface area (Å²) in [7, 11) is 1.34. The van der Waals surface area contributed by atoms with Gasteiger partial charge in [-0.1, -0.05) is 12.1 Å². The number of ether oxygens (including phenoxy) is 2. The number of nitrogens with one attached hydrogen (secondary N) is 1. The highest BCUT2D eigenvalue weighted by Gasteiger charge is 2.40. The van der Waals surface area contributed by atoms with Crippen LogP contribution in [0.25, 0.3) is 6.08 Å². The number of hydrogen-bond donors (Lipinski definition) is 1. The van der Waals surface area contributed by atoms with E-state index in [1.807, 2.05) is 13.8 Å². The lowest BCUT2D eigenvalue weighted by molar-refractivity contribution is -0.143. The van der Waals surface area contributed by atoms with Gasteiger partial charge in [0.15, 0.2) is 16.7 Å². The molecule has 3 aromatic rings. The van der Waals surface area contributed by atoms with E-state index in [0.29, 0.717) is 21.7 Å². The second kappa shape index (κ2) is 11.9. The van der Waals surface area contributed by atoms with Gasteiger partial charge in [-0.3, -0.25) is 9.89 Å². The van der Waals surface area contributed by atoms with Crippen LogP contribution in [-0.2, 0) is 23.8 Å². The van der Waals surface area contributed by atoms with Gasteiger partial charge in [0.2, 0.25) is 0 Å². The number of rotatable bonds is 8. The molecule has 1 amide bonds. The molecule has 1 aliphatic carbocycles. The second-order valence-electron chi connectivity index (χ2n) is 10.5. The van der Waals surface area contributed by atoms with E-state index in [-0.39, 0.29) is 29.6 Å². The Morgan fingerprint density at radius 1 is 1.07 bits per heavy atom. The van der Waals surface area contributed by atoms with Crippen molar-refractivity contribution in [3.8, 4) is 11.5 Å². The lowest BCUT2D eigenvalue weighted by Crippen LogP contribution is -2.33. The predicted octanol–water partition coefficient (Wildman–Crippen LogP) is 7.85. The molecule has 1 aliphatic heterocycles. The van der Waals surface area contributed by atoms with Gasteiger partial charge >= 0.3 is 12.4 Å². The smallest absolute Gasteiger partial charge is 0.416 e. The number of aliphatic imine (C=N–C) groups is 1. The number of benzene rings is 2. The molecule has 2 aliphatic rings. The first kappa shape index (κ1) is 31.5. The molecule has 234 valence electrons. The first-order chi connectivity index (χ1) is 20.7. The molecule has 1 atom stereocenters. The number of aromatic amines is 1. The van der Waals surface area contributed by atoms with Crippen molar-refractivity contribution in [1.82, 2.24) is 15.1 Å². The van der Waals surface area contributed by atoms with E-state index in [4.69, 9.17) is 9.47 Å². The number of nitrogens with zero attached hydrogens (tertiary/aromatic N) is 3. The number of aromatic nitrogens is 2. The third kappa shape index (κ3) is 6.59. The van der Waals surface area contributed by atoms with Gasteiger partial charge in [-0.2, -0.15) is 36.4 Å². The monoisotopic (exact) mass is 638 g/mol. The summed E-state index contributed by atoms with van der Waals surface area (Å²) in [5.74, 6) is -0.162. The fraction of sp³-hybridized carbons (Fsp3) is 0.367. The summed E-state index contributed by atoms with van der Waals surface area (Å²) in [5.41, 5.74) is 0.141. The molecule has 14 heteroatoms. The first-order valence-electron chi connectivity index (χ1n) is 13.6. The third-order valence-electron chi connectivity index (χ3n) is 7.40. The number of hydrogen-bond acceptors (Lipinski definition) is 6. The highest BCUT2D eigenvalue weighted by Crippen LogP contribution is 2.43. The van der Waals surface area contributed by atoms with Crippen LogP contribution in [0.2, 0.25) is 0 Å². The maximum atomic E-state index is 13.5. The average Bonchev–Trinajstić information content (AvgIpc) is 3.64. The summed E-state index contributed by atoms with van der Waals surface area (Å²) in [4.78, 5) is 19.8. The largest absolute Gasteiger partial charge is 0.493 e. The Morgan fingerprint density at radius 2 is 1.80 bits per heavy atom. The van der Waals surface area contributed by atoms with Crippen molar-refractivity contribution in [2.75, 3.05) is 7.11 Å². The summed E-state index contributed by atoms with van der Waals surface area (Å²) in [6.07, 6.45) is -6.33. The number of halogens is 6. The van der Waals surface area contributed by atoms with Gasteiger partial charge in [-0.05, 0) is 81.3 Å². The molecule has 0 bridgehead atoms. The minimum absolute atomic E-state index is 0.0568. The van der Waals surface area contributed by atoms with Crippen LogP contribution in [-0.4, -0.2) is 39.3 Å². The van der Waals surface area contributed by atoms with E-state index < -0.39 is 41.6 Å². The van der Waals surface area contributed by atoms with Gasteiger partial charge in [0.05, 0.1) is 34.9 Å². The number of methoxy groups -OCH3 is 1. The topological polar surface area (TPSA) is 79.8 Å². The van der Waals surface area contributed by atoms with E-state index in [2.05, 4.69) is 27.0 Å². The lowest BCUT2D eigenvalue weighted by Gasteiger charge is -2.30. The van der Waals surface area contributed by atoms with Crippen molar-refractivity contribution in [3.05, 3.63) is 80.5 Å². The number of amidine groups is 1. The Bertz CT molecular complexity index is 1620. The third-order valence-corrected chi connectivity index (χ3v) is 8.40. The molecule has 2 aromatic carbocycles. The molecule has 1 aromatic heterocycles. The van der Waals surface area contributed by atoms with Gasteiger partial charge in [-0.15, -0.1) is 0 Å². The fourth-order valence-electron chi connectivity index (χ4n) is 5.16. The van der Waals surface area contributed by atoms with Crippen LogP contribution >= 0.6 is 11.8 Å². The molecule has 5 rings (SSSR count). The Morgan fingerprint density at radius 3 is 2.39 bits per heavy atom. The quantitative estimate of drug-likeness (QED) is 0.200. The molecule has 7 nitrogen and oxygen atoms in total. The van der Waals surface area contributed by atoms with Gasteiger partial charge in [0, 0.05) is 22.9 Å². The summed E-state index contributed by atoms with van der Waals surface area (Å²) >= 11 is 1.26. The molecule has 2 heterocycles. The minimum Gasteiger partial charge on any atom is -0.493 e. The van der Waals surface area contributed by atoms with E-state index in [1.165, 1.54) is 24.9 Å². The van der Waals surface area contributed by atoms with Crippen LogP contribution in [0.1, 0.15) is 65.0 Å². The Kier molecular flexibility index (Phi) is 8.49. The van der Waals surface area contributed by atoms with Crippen molar-refractivity contribution in [2.24, 2.45) is 4.99 Å². The molecule has 1 N–H and O–H groups in total. The number of carbonyl (C=O) groups is 1. The Labute approximate surface area is 253 Å². The molecule has 0 saturated heterocycles. The number of alkyl halides is 6. The van der Waals surface area contributed by atoms with Gasteiger partial charge in [0.25, 0.3) is 5.91 Å².